The average Bonchev–Trinajstić information content (AvgIpc) is 2.68. The van der Waals surface area contributed by atoms with Gasteiger partial charge in [-0.15, -0.1) is 0 Å². The minimum absolute atomic E-state index is 0.369. The largest absolute Gasteiger partial charge is 0.323 e. The monoisotopic (exact) mass is 516 g/mol. The summed E-state index contributed by atoms with van der Waals surface area (Å²) in [5, 5.41) is 11.1. The number of rotatable bonds is 4. The number of anilines is 4. The fourth-order valence-corrected chi connectivity index (χ4v) is 3.01. The Morgan fingerprint density at radius 2 is 1.03 bits per heavy atom. The predicted octanol–water partition coefficient (Wildman–Crippen LogP) is 6.81. The molecule has 4 amide bonds. The summed E-state index contributed by atoms with van der Waals surface area (Å²) < 4.78 is 1.86. The number of hydrogen-bond donors (Lipinski definition) is 4. The number of halogens is 2. The van der Waals surface area contributed by atoms with E-state index in [0.717, 1.165) is 14.5 Å². The summed E-state index contributed by atoms with van der Waals surface area (Å²) in [6.45, 7) is 1.88. The first-order valence-electron chi connectivity index (χ1n) is 8.67. The van der Waals surface area contributed by atoms with Crippen LogP contribution in [0.15, 0.2) is 75.7 Å². The summed E-state index contributed by atoms with van der Waals surface area (Å²) in [5.74, 6) is 0. The molecule has 0 aliphatic rings. The normalized spacial score (nSPS) is 10.2. The van der Waals surface area contributed by atoms with E-state index in [1.165, 1.54) is 0 Å². The third kappa shape index (κ3) is 6.33. The van der Waals surface area contributed by atoms with Gasteiger partial charge in [-0.25, -0.2) is 9.59 Å². The van der Waals surface area contributed by atoms with Crippen LogP contribution in [0.3, 0.4) is 0 Å². The Morgan fingerprint density at radius 3 is 1.55 bits per heavy atom. The van der Waals surface area contributed by atoms with E-state index in [0.29, 0.717) is 22.7 Å². The van der Waals surface area contributed by atoms with E-state index in [9.17, 15) is 9.59 Å². The molecule has 0 aliphatic heterocycles. The second-order valence-electron chi connectivity index (χ2n) is 6.20. The SMILES string of the molecule is Cc1ccc(NC(=O)Nc2ccc(Br)cc2)cc1NC(=O)Nc1ccc(Br)cc1. The van der Waals surface area contributed by atoms with Crippen molar-refractivity contribution in [2.24, 2.45) is 0 Å². The molecule has 0 aliphatic carbocycles. The maximum absolute atomic E-state index is 12.3. The third-order valence-corrected chi connectivity index (χ3v) is 5.01. The molecule has 3 aromatic carbocycles. The topological polar surface area (TPSA) is 82.3 Å². The Kier molecular flexibility index (Phi) is 6.90. The van der Waals surface area contributed by atoms with Crippen LogP contribution in [0, 0.1) is 6.92 Å². The lowest BCUT2D eigenvalue weighted by Crippen LogP contribution is -2.21. The highest BCUT2D eigenvalue weighted by Crippen LogP contribution is 2.22. The number of nitrogens with one attached hydrogen (secondary N) is 4. The van der Waals surface area contributed by atoms with Crippen LogP contribution >= 0.6 is 31.9 Å². The number of urea groups is 2. The Balaban J connectivity index is 1.62. The van der Waals surface area contributed by atoms with Crippen LogP contribution in [0.5, 0.6) is 0 Å². The average molecular weight is 518 g/mol. The molecule has 3 aromatic rings. The number of aryl methyl sites for hydroxylation is 1. The summed E-state index contributed by atoms with van der Waals surface area (Å²) in [5.41, 5.74) is 3.37. The van der Waals surface area contributed by atoms with Gasteiger partial charge in [0.2, 0.25) is 0 Å². The van der Waals surface area contributed by atoms with E-state index in [1.54, 1.807) is 36.4 Å². The van der Waals surface area contributed by atoms with Gasteiger partial charge in [0.15, 0.2) is 0 Å². The Bertz CT molecular complexity index is 1020. The van der Waals surface area contributed by atoms with E-state index in [-0.39, 0.29) is 12.1 Å². The molecule has 29 heavy (non-hydrogen) atoms. The van der Waals surface area contributed by atoms with Crippen molar-refractivity contribution in [3.8, 4) is 0 Å². The molecular weight excluding hydrogens is 500 g/mol. The van der Waals surface area contributed by atoms with E-state index < -0.39 is 0 Å². The van der Waals surface area contributed by atoms with Crippen LogP contribution in [0.2, 0.25) is 0 Å². The summed E-state index contributed by atoms with van der Waals surface area (Å²) in [4.78, 5) is 24.5. The van der Waals surface area contributed by atoms with Crippen LogP contribution in [-0.2, 0) is 0 Å². The van der Waals surface area contributed by atoms with Crippen LogP contribution in [-0.4, -0.2) is 12.1 Å². The van der Waals surface area contributed by atoms with Gasteiger partial charge >= 0.3 is 12.1 Å². The highest BCUT2D eigenvalue weighted by atomic mass is 79.9. The molecule has 0 unspecified atom stereocenters. The number of benzene rings is 3. The summed E-state index contributed by atoms with van der Waals surface area (Å²) in [6, 6.07) is 19.1. The molecule has 0 saturated heterocycles. The smallest absolute Gasteiger partial charge is 0.308 e. The minimum Gasteiger partial charge on any atom is -0.308 e. The zero-order chi connectivity index (χ0) is 20.8. The van der Waals surface area contributed by atoms with Crippen molar-refractivity contribution in [3.63, 3.8) is 0 Å². The van der Waals surface area contributed by atoms with Crippen LogP contribution in [0.4, 0.5) is 32.3 Å². The molecule has 0 radical (unpaired) electrons. The van der Waals surface area contributed by atoms with Crippen molar-refractivity contribution in [2.45, 2.75) is 6.92 Å². The fourth-order valence-electron chi connectivity index (χ4n) is 2.48. The maximum Gasteiger partial charge on any atom is 0.323 e. The van der Waals surface area contributed by atoms with Gasteiger partial charge < -0.3 is 21.3 Å². The van der Waals surface area contributed by atoms with Crippen molar-refractivity contribution in [1.82, 2.24) is 0 Å². The van der Waals surface area contributed by atoms with E-state index in [1.807, 2.05) is 37.3 Å². The van der Waals surface area contributed by atoms with E-state index >= 15 is 0 Å². The Hall–Kier alpha value is -2.84. The molecule has 8 heteroatoms. The lowest BCUT2D eigenvalue weighted by atomic mass is 10.2. The van der Waals surface area contributed by atoms with Crippen molar-refractivity contribution in [3.05, 3.63) is 81.2 Å². The number of carbonyl (C=O) groups is 2. The first-order valence-corrected chi connectivity index (χ1v) is 10.3. The van der Waals surface area contributed by atoms with Crippen LogP contribution in [0.1, 0.15) is 5.56 Å². The van der Waals surface area contributed by atoms with Gasteiger partial charge in [-0.2, -0.15) is 0 Å². The molecule has 0 atom stereocenters. The van der Waals surface area contributed by atoms with E-state index in [4.69, 9.17) is 0 Å². The van der Waals surface area contributed by atoms with Crippen LogP contribution in [0.25, 0.3) is 0 Å². The molecule has 148 valence electrons. The zero-order valence-electron chi connectivity index (χ0n) is 15.4. The standard InChI is InChI=1S/C21H18Br2N4O2/c1-13-2-7-18(26-20(28)24-16-8-3-14(22)4-9-16)12-19(13)27-21(29)25-17-10-5-15(23)6-11-17/h2-12H,1H3,(H2,24,26,28)(H2,25,27,29). The second kappa shape index (κ2) is 9.58. The lowest BCUT2D eigenvalue weighted by molar-refractivity contribution is 0.261. The quantitative estimate of drug-likeness (QED) is 0.306. The second-order valence-corrected chi connectivity index (χ2v) is 8.03. The summed E-state index contributed by atoms with van der Waals surface area (Å²) >= 11 is 6.71. The lowest BCUT2D eigenvalue weighted by Gasteiger charge is -2.13. The molecule has 0 fully saturated rings. The Labute approximate surface area is 185 Å². The molecule has 0 bridgehead atoms. The van der Waals surface area contributed by atoms with Gasteiger partial charge in [-0.3, -0.25) is 0 Å². The van der Waals surface area contributed by atoms with Gasteiger partial charge in [-0.05, 0) is 73.2 Å². The summed E-state index contributed by atoms with van der Waals surface area (Å²) in [7, 11) is 0. The molecule has 3 rings (SSSR count). The van der Waals surface area contributed by atoms with Crippen LogP contribution < -0.4 is 21.3 Å². The molecule has 0 heterocycles. The number of carbonyl (C=O) groups excluding carboxylic acids is 2. The van der Waals surface area contributed by atoms with Gasteiger partial charge in [0, 0.05) is 31.7 Å². The van der Waals surface area contributed by atoms with Crippen molar-refractivity contribution in [2.75, 3.05) is 21.3 Å². The predicted molar refractivity (Wildman–Crippen MR) is 125 cm³/mol. The van der Waals surface area contributed by atoms with Crippen molar-refractivity contribution in [1.29, 1.82) is 0 Å². The summed E-state index contributed by atoms with van der Waals surface area (Å²) in [6.07, 6.45) is 0. The highest BCUT2D eigenvalue weighted by Gasteiger charge is 2.08. The van der Waals surface area contributed by atoms with Gasteiger partial charge in [0.05, 0.1) is 0 Å². The number of amides is 4. The van der Waals surface area contributed by atoms with E-state index in [2.05, 4.69) is 53.1 Å². The van der Waals surface area contributed by atoms with Crippen molar-refractivity contribution < 1.29 is 9.59 Å². The fraction of sp³-hybridized carbons (Fsp3) is 0.0476. The first-order chi connectivity index (χ1) is 13.9. The molecule has 6 nitrogen and oxygen atoms in total. The highest BCUT2D eigenvalue weighted by molar-refractivity contribution is 9.10. The molecule has 0 aromatic heterocycles. The minimum atomic E-state index is -0.374. The maximum atomic E-state index is 12.3. The molecule has 4 N–H and O–H groups in total. The van der Waals surface area contributed by atoms with Gasteiger partial charge in [-0.1, -0.05) is 37.9 Å². The van der Waals surface area contributed by atoms with Crippen molar-refractivity contribution >= 4 is 66.7 Å². The Morgan fingerprint density at radius 1 is 0.621 bits per heavy atom. The first kappa shape index (κ1) is 20.9. The third-order valence-electron chi connectivity index (χ3n) is 3.95. The molecule has 0 saturated carbocycles. The zero-order valence-corrected chi connectivity index (χ0v) is 18.6. The molecule has 0 spiro atoms. The van der Waals surface area contributed by atoms with Gasteiger partial charge in [0.25, 0.3) is 0 Å². The van der Waals surface area contributed by atoms with Gasteiger partial charge in [0.1, 0.15) is 0 Å². The molecular formula is C21H18Br2N4O2. The number of hydrogen-bond acceptors (Lipinski definition) is 2.